The molecule has 0 unspecified atom stereocenters. The van der Waals surface area contributed by atoms with Crippen molar-refractivity contribution < 1.29 is 9.53 Å². The van der Waals surface area contributed by atoms with Gasteiger partial charge in [-0.1, -0.05) is 17.7 Å². The second-order valence-corrected chi connectivity index (χ2v) is 8.75. The Balaban J connectivity index is 1.43. The fraction of sp³-hybridized carbons (Fsp3) is 0.130. The van der Waals surface area contributed by atoms with Crippen molar-refractivity contribution in [1.82, 2.24) is 24.7 Å². The maximum atomic E-state index is 12.8. The van der Waals surface area contributed by atoms with Crippen molar-refractivity contribution >= 4 is 45.4 Å². The van der Waals surface area contributed by atoms with E-state index in [2.05, 4.69) is 20.3 Å². The Bertz CT molecular complexity index is 1450. The summed E-state index contributed by atoms with van der Waals surface area (Å²) in [7, 11) is 0. The number of imidazole rings is 1. The van der Waals surface area contributed by atoms with E-state index >= 15 is 0 Å². The fourth-order valence-corrected chi connectivity index (χ4v) is 4.37. The van der Waals surface area contributed by atoms with E-state index in [0.29, 0.717) is 40.3 Å². The largest absolute Gasteiger partial charge is 0.477 e. The van der Waals surface area contributed by atoms with Crippen LogP contribution in [0.2, 0.25) is 4.34 Å². The first kappa shape index (κ1) is 20.4. The van der Waals surface area contributed by atoms with Crippen molar-refractivity contribution in [3.63, 3.8) is 0 Å². The molecule has 9 heteroatoms. The van der Waals surface area contributed by atoms with Gasteiger partial charge in [0.15, 0.2) is 5.82 Å². The highest BCUT2D eigenvalue weighted by Gasteiger charge is 2.15. The van der Waals surface area contributed by atoms with Crippen molar-refractivity contribution in [3.8, 4) is 16.6 Å². The summed E-state index contributed by atoms with van der Waals surface area (Å²) >= 11 is 7.47. The molecule has 1 aromatic carbocycles. The number of aromatic nitrogens is 4. The Hall–Kier alpha value is -3.49. The Morgan fingerprint density at radius 3 is 2.91 bits per heavy atom. The Morgan fingerprint density at radius 2 is 2.09 bits per heavy atom. The fourth-order valence-electron chi connectivity index (χ4n) is 3.39. The van der Waals surface area contributed by atoms with E-state index in [4.69, 9.17) is 16.3 Å². The first-order chi connectivity index (χ1) is 15.6. The topological polar surface area (TPSA) is 81.4 Å². The molecule has 0 spiro atoms. The van der Waals surface area contributed by atoms with E-state index in [1.54, 1.807) is 24.4 Å². The number of rotatable bonds is 6. The number of pyridine rings is 1. The smallest absolute Gasteiger partial charge is 0.251 e. The van der Waals surface area contributed by atoms with Crippen LogP contribution in [0.5, 0.6) is 5.88 Å². The SMILES string of the molecule is CCOc1nc(-c2ccc(Cl)s2)nc2cc(C(=O)NCc3ccc4nccn4c3)ccc12. The lowest BCUT2D eigenvalue weighted by atomic mass is 10.1. The molecule has 4 heterocycles. The van der Waals surface area contributed by atoms with Crippen molar-refractivity contribution in [1.29, 1.82) is 0 Å². The number of ether oxygens (including phenoxy) is 1. The normalized spacial score (nSPS) is 11.2. The standard InChI is InChI=1S/C23H18ClN5O2S/c1-2-31-23-16-5-4-15(11-17(16)27-21(28-23)18-6-7-19(24)32-18)22(30)26-12-14-3-8-20-25-9-10-29(20)13-14/h3-11,13H,2,12H2,1H3,(H,26,30). The molecule has 0 atom stereocenters. The number of halogens is 1. The van der Waals surface area contributed by atoms with Crippen LogP contribution in [0.15, 0.2) is 61.1 Å². The minimum atomic E-state index is -0.185. The third-order valence-electron chi connectivity index (χ3n) is 4.90. The van der Waals surface area contributed by atoms with Crippen LogP contribution in [0, 0.1) is 0 Å². The van der Waals surface area contributed by atoms with Gasteiger partial charge in [-0.15, -0.1) is 11.3 Å². The minimum absolute atomic E-state index is 0.185. The lowest BCUT2D eigenvalue weighted by Gasteiger charge is -2.10. The van der Waals surface area contributed by atoms with E-state index in [0.717, 1.165) is 21.5 Å². The number of benzene rings is 1. The molecule has 5 aromatic rings. The van der Waals surface area contributed by atoms with Crippen molar-refractivity contribution in [2.24, 2.45) is 0 Å². The molecule has 0 saturated heterocycles. The highest BCUT2D eigenvalue weighted by Crippen LogP contribution is 2.32. The summed E-state index contributed by atoms with van der Waals surface area (Å²) in [6.07, 6.45) is 5.56. The molecule has 32 heavy (non-hydrogen) atoms. The molecule has 0 aliphatic heterocycles. The van der Waals surface area contributed by atoms with Gasteiger partial charge >= 0.3 is 0 Å². The molecule has 160 valence electrons. The Labute approximate surface area is 192 Å². The first-order valence-corrected chi connectivity index (χ1v) is 11.2. The van der Waals surface area contributed by atoms with Gasteiger partial charge in [-0.25, -0.2) is 9.97 Å². The highest BCUT2D eigenvalue weighted by atomic mass is 35.5. The van der Waals surface area contributed by atoms with Gasteiger partial charge in [0.05, 0.1) is 26.7 Å². The molecule has 7 nitrogen and oxygen atoms in total. The Morgan fingerprint density at radius 1 is 1.19 bits per heavy atom. The zero-order valence-corrected chi connectivity index (χ0v) is 18.7. The third-order valence-corrected chi connectivity index (χ3v) is 6.13. The molecule has 0 saturated carbocycles. The summed E-state index contributed by atoms with van der Waals surface area (Å²) in [6, 6.07) is 12.9. The van der Waals surface area contributed by atoms with Gasteiger partial charge in [0.1, 0.15) is 5.65 Å². The third kappa shape index (κ3) is 4.02. The monoisotopic (exact) mass is 463 g/mol. The van der Waals surface area contributed by atoms with Gasteiger partial charge in [0, 0.05) is 30.7 Å². The molecule has 5 rings (SSSR count). The Kier molecular flexibility index (Phi) is 5.46. The maximum absolute atomic E-state index is 12.8. The number of carbonyl (C=O) groups excluding carboxylic acids is 1. The van der Waals surface area contributed by atoms with Crippen LogP contribution in [0.1, 0.15) is 22.8 Å². The van der Waals surface area contributed by atoms with Gasteiger partial charge in [-0.2, -0.15) is 4.98 Å². The van der Waals surface area contributed by atoms with Crippen LogP contribution in [0.25, 0.3) is 27.3 Å². The van der Waals surface area contributed by atoms with Gasteiger partial charge in [-0.05, 0) is 48.9 Å². The van der Waals surface area contributed by atoms with Gasteiger partial charge in [0.2, 0.25) is 5.88 Å². The predicted molar refractivity (Wildman–Crippen MR) is 125 cm³/mol. The molecule has 0 radical (unpaired) electrons. The summed E-state index contributed by atoms with van der Waals surface area (Å²) in [6.45, 7) is 2.77. The molecule has 0 bridgehead atoms. The van der Waals surface area contributed by atoms with Crippen LogP contribution in [0.3, 0.4) is 0 Å². The van der Waals surface area contributed by atoms with Crippen molar-refractivity contribution in [2.75, 3.05) is 6.61 Å². The summed E-state index contributed by atoms with van der Waals surface area (Å²) in [5.74, 6) is 0.816. The van der Waals surface area contributed by atoms with Gasteiger partial charge < -0.3 is 14.5 Å². The average Bonchev–Trinajstić information content (AvgIpc) is 3.45. The van der Waals surface area contributed by atoms with Crippen molar-refractivity contribution in [2.45, 2.75) is 13.5 Å². The molecule has 0 aliphatic carbocycles. The first-order valence-electron chi connectivity index (χ1n) is 10.0. The molecule has 1 N–H and O–H groups in total. The highest BCUT2D eigenvalue weighted by molar-refractivity contribution is 7.19. The number of hydrogen-bond acceptors (Lipinski definition) is 6. The maximum Gasteiger partial charge on any atom is 0.251 e. The number of nitrogens with one attached hydrogen (secondary N) is 1. The van der Waals surface area contributed by atoms with Crippen LogP contribution in [0.4, 0.5) is 0 Å². The van der Waals surface area contributed by atoms with E-state index in [1.165, 1.54) is 11.3 Å². The zero-order chi connectivity index (χ0) is 22.1. The van der Waals surface area contributed by atoms with E-state index in [1.807, 2.05) is 48.0 Å². The average molecular weight is 464 g/mol. The van der Waals surface area contributed by atoms with Crippen LogP contribution < -0.4 is 10.1 Å². The van der Waals surface area contributed by atoms with Gasteiger partial charge in [0.25, 0.3) is 5.91 Å². The second kappa shape index (κ2) is 8.57. The van der Waals surface area contributed by atoms with Crippen molar-refractivity contribution in [3.05, 3.63) is 76.5 Å². The number of hydrogen-bond donors (Lipinski definition) is 1. The lowest BCUT2D eigenvalue weighted by Crippen LogP contribution is -2.23. The minimum Gasteiger partial charge on any atom is -0.477 e. The summed E-state index contributed by atoms with van der Waals surface area (Å²) in [5, 5.41) is 3.71. The number of carbonyl (C=O) groups is 1. The van der Waals surface area contributed by atoms with E-state index in [9.17, 15) is 4.79 Å². The number of nitrogens with zero attached hydrogens (tertiary/aromatic N) is 4. The van der Waals surface area contributed by atoms with E-state index < -0.39 is 0 Å². The van der Waals surface area contributed by atoms with Crippen LogP contribution >= 0.6 is 22.9 Å². The molecule has 0 aliphatic rings. The number of amides is 1. The summed E-state index contributed by atoms with van der Waals surface area (Å²) < 4.78 is 8.31. The number of thiophene rings is 1. The van der Waals surface area contributed by atoms with Crippen LogP contribution in [-0.2, 0) is 6.54 Å². The van der Waals surface area contributed by atoms with Crippen LogP contribution in [-0.4, -0.2) is 31.9 Å². The zero-order valence-electron chi connectivity index (χ0n) is 17.1. The lowest BCUT2D eigenvalue weighted by molar-refractivity contribution is 0.0951. The molecular weight excluding hydrogens is 446 g/mol. The van der Waals surface area contributed by atoms with E-state index in [-0.39, 0.29) is 5.91 Å². The quantitative estimate of drug-likeness (QED) is 0.383. The second-order valence-electron chi connectivity index (χ2n) is 7.03. The number of fused-ring (bicyclic) bond motifs is 2. The summed E-state index contributed by atoms with van der Waals surface area (Å²) in [5.41, 5.74) is 2.98. The van der Waals surface area contributed by atoms with Gasteiger partial charge in [-0.3, -0.25) is 4.79 Å². The predicted octanol–water partition coefficient (Wildman–Crippen LogP) is 4.99. The summed E-state index contributed by atoms with van der Waals surface area (Å²) in [4.78, 5) is 27.1. The molecule has 0 fully saturated rings. The molecular formula is C23H18ClN5O2S. The molecule has 1 amide bonds. The molecule has 4 aromatic heterocycles.